The molecule has 1 aliphatic heterocycles. The summed E-state index contributed by atoms with van der Waals surface area (Å²) in [5, 5.41) is 39.3. The Hall–Kier alpha value is -1.33. The van der Waals surface area contributed by atoms with Crippen molar-refractivity contribution in [2.45, 2.75) is 153 Å². The number of aliphatic hydroxyl groups excluding tert-OH is 4. The van der Waals surface area contributed by atoms with E-state index >= 15 is 0 Å². The van der Waals surface area contributed by atoms with E-state index < -0.39 is 49.4 Å². The second-order valence-electron chi connectivity index (χ2n) is 11.2. The van der Waals surface area contributed by atoms with Crippen LogP contribution >= 0.6 is 0 Å². The van der Waals surface area contributed by atoms with Crippen LogP contribution in [0.4, 0.5) is 0 Å². The van der Waals surface area contributed by atoms with Gasteiger partial charge in [-0.1, -0.05) is 95.9 Å². The molecule has 1 heterocycles. The molecule has 9 heteroatoms. The fourth-order valence-electron chi connectivity index (χ4n) is 4.73. The van der Waals surface area contributed by atoms with Gasteiger partial charge in [-0.15, -0.1) is 0 Å². The molecule has 1 saturated heterocycles. The zero-order valence-corrected chi connectivity index (χ0v) is 26.2. The zero-order chi connectivity index (χ0) is 30.8. The Bertz CT molecular complexity index is 697. The molecule has 0 radical (unpaired) electrons. The molecule has 1 aliphatic rings. The highest BCUT2D eigenvalue weighted by atomic mass is 16.7. The van der Waals surface area contributed by atoms with Gasteiger partial charge in [0.05, 0.1) is 19.8 Å². The standard InChI is InChI=1S/C33H60O9/c1-3-5-6-7-8-9-10-11-12-13-14-15-16-17-18-19-20-21-22-23-39-25-27(41-29(35)4-2)26-40-33-32(38)31(37)30(36)28(24-34)42-33/h9-10,12-13,27-28,30-34,36-38H,3-8,11,14-26H2,1-2H3/b10-9-,13-12-. The van der Waals surface area contributed by atoms with Crippen LogP contribution in [-0.4, -0.2) is 89.6 Å². The smallest absolute Gasteiger partial charge is 0.305 e. The minimum absolute atomic E-state index is 0.125. The number of hydrogen-bond acceptors (Lipinski definition) is 9. The molecular weight excluding hydrogens is 540 g/mol. The molecule has 6 atom stereocenters. The summed E-state index contributed by atoms with van der Waals surface area (Å²) in [5.74, 6) is -0.405. The average molecular weight is 601 g/mol. The molecular formula is C33H60O9. The Morgan fingerprint density at radius 3 is 1.95 bits per heavy atom. The number of carbonyl (C=O) groups is 1. The predicted octanol–water partition coefficient (Wildman–Crippen LogP) is 5.13. The fraction of sp³-hybridized carbons (Fsp3) is 0.848. The molecule has 0 amide bonds. The Morgan fingerprint density at radius 2 is 1.36 bits per heavy atom. The molecule has 42 heavy (non-hydrogen) atoms. The molecule has 246 valence electrons. The fourth-order valence-corrected chi connectivity index (χ4v) is 4.73. The number of carbonyl (C=O) groups excluding carboxylic acids is 1. The molecule has 9 nitrogen and oxygen atoms in total. The maximum Gasteiger partial charge on any atom is 0.305 e. The van der Waals surface area contributed by atoms with E-state index in [0.29, 0.717) is 6.61 Å². The van der Waals surface area contributed by atoms with Gasteiger partial charge in [0, 0.05) is 13.0 Å². The Kier molecular flexibility index (Phi) is 24.1. The number of unbranched alkanes of at least 4 members (excludes halogenated alkanes) is 12. The number of esters is 1. The summed E-state index contributed by atoms with van der Waals surface area (Å²) in [6, 6.07) is 0. The van der Waals surface area contributed by atoms with Gasteiger partial charge in [-0.25, -0.2) is 0 Å². The van der Waals surface area contributed by atoms with Gasteiger partial charge in [0.15, 0.2) is 6.29 Å². The van der Waals surface area contributed by atoms with E-state index in [0.717, 1.165) is 19.3 Å². The van der Waals surface area contributed by atoms with Crippen molar-refractivity contribution in [3.8, 4) is 0 Å². The summed E-state index contributed by atoms with van der Waals surface area (Å²) < 4.78 is 22.0. The molecule has 0 bridgehead atoms. The summed E-state index contributed by atoms with van der Waals surface area (Å²) in [4.78, 5) is 11.8. The quantitative estimate of drug-likeness (QED) is 0.0606. The molecule has 0 spiro atoms. The second-order valence-corrected chi connectivity index (χ2v) is 11.2. The highest BCUT2D eigenvalue weighted by Gasteiger charge is 2.44. The van der Waals surface area contributed by atoms with E-state index in [9.17, 15) is 25.2 Å². The van der Waals surface area contributed by atoms with Crippen LogP contribution in [0.25, 0.3) is 0 Å². The minimum Gasteiger partial charge on any atom is -0.457 e. The molecule has 6 unspecified atom stereocenters. The molecule has 1 rings (SSSR count). The lowest BCUT2D eigenvalue weighted by atomic mass is 9.99. The van der Waals surface area contributed by atoms with Gasteiger partial charge in [0.2, 0.25) is 0 Å². The van der Waals surface area contributed by atoms with Gasteiger partial charge in [-0.05, 0) is 38.5 Å². The lowest BCUT2D eigenvalue weighted by molar-refractivity contribution is -0.305. The van der Waals surface area contributed by atoms with Crippen LogP contribution in [0, 0.1) is 0 Å². The summed E-state index contributed by atoms with van der Waals surface area (Å²) in [6.45, 7) is 3.94. The van der Waals surface area contributed by atoms with E-state index in [4.69, 9.17) is 18.9 Å². The van der Waals surface area contributed by atoms with Crippen LogP contribution in [0.1, 0.15) is 117 Å². The SMILES string of the molecule is CCCCCC/C=C\C/C=C\CCCCCCCCCCOCC(COC1OC(CO)C(O)C(O)C1O)OC(=O)CC. The maximum atomic E-state index is 11.8. The highest BCUT2D eigenvalue weighted by Crippen LogP contribution is 2.22. The number of aliphatic hydroxyl groups is 4. The molecule has 0 aromatic carbocycles. The van der Waals surface area contributed by atoms with Crippen LogP contribution < -0.4 is 0 Å². The van der Waals surface area contributed by atoms with Gasteiger partial charge in [0.25, 0.3) is 0 Å². The van der Waals surface area contributed by atoms with Crippen molar-refractivity contribution in [2.24, 2.45) is 0 Å². The first-order valence-electron chi connectivity index (χ1n) is 16.4. The first kappa shape index (κ1) is 38.7. The normalized spacial score (nSPS) is 23.6. The van der Waals surface area contributed by atoms with Crippen LogP contribution in [0.3, 0.4) is 0 Å². The lowest BCUT2D eigenvalue weighted by Gasteiger charge is -2.39. The van der Waals surface area contributed by atoms with Crippen LogP contribution in [0.5, 0.6) is 0 Å². The average Bonchev–Trinajstić information content (AvgIpc) is 2.99. The topological polar surface area (TPSA) is 135 Å². The molecule has 1 fully saturated rings. The molecule has 4 N–H and O–H groups in total. The van der Waals surface area contributed by atoms with Crippen LogP contribution in [0.15, 0.2) is 24.3 Å². The summed E-state index contributed by atoms with van der Waals surface area (Å²) >= 11 is 0. The molecule has 0 aliphatic carbocycles. The van der Waals surface area contributed by atoms with Crippen molar-refractivity contribution in [2.75, 3.05) is 26.4 Å². The van der Waals surface area contributed by atoms with Crippen LogP contribution in [-0.2, 0) is 23.7 Å². The second kappa shape index (κ2) is 26.1. The van der Waals surface area contributed by atoms with Crippen molar-refractivity contribution in [3.05, 3.63) is 24.3 Å². The van der Waals surface area contributed by atoms with Crippen molar-refractivity contribution in [3.63, 3.8) is 0 Å². The van der Waals surface area contributed by atoms with Gasteiger partial charge in [0.1, 0.15) is 30.5 Å². The summed E-state index contributed by atoms with van der Waals surface area (Å²) in [6.07, 6.45) is 20.1. The molecule has 0 aromatic rings. The van der Waals surface area contributed by atoms with E-state index in [-0.39, 0.29) is 19.6 Å². The number of ether oxygens (including phenoxy) is 4. The number of rotatable bonds is 26. The van der Waals surface area contributed by atoms with E-state index in [1.807, 2.05) is 0 Å². The van der Waals surface area contributed by atoms with Crippen LogP contribution in [0.2, 0.25) is 0 Å². The monoisotopic (exact) mass is 600 g/mol. The van der Waals surface area contributed by atoms with Crippen molar-refractivity contribution in [1.82, 2.24) is 0 Å². The van der Waals surface area contributed by atoms with Gasteiger partial charge >= 0.3 is 5.97 Å². The van der Waals surface area contributed by atoms with E-state index in [1.54, 1.807) is 6.92 Å². The third-order valence-corrected chi connectivity index (χ3v) is 7.42. The maximum absolute atomic E-state index is 11.8. The molecule has 0 saturated carbocycles. The summed E-state index contributed by atoms with van der Waals surface area (Å²) in [7, 11) is 0. The van der Waals surface area contributed by atoms with Crippen molar-refractivity contribution < 1.29 is 44.2 Å². The third-order valence-electron chi connectivity index (χ3n) is 7.42. The molecule has 0 aromatic heterocycles. The first-order valence-corrected chi connectivity index (χ1v) is 16.4. The first-order chi connectivity index (χ1) is 20.4. The number of hydrogen-bond donors (Lipinski definition) is 4. The lowest BCUT2D eigenvalue weighted by Crippen LogP contribution is -2.59. The van der Waals surface area contributed by atoms with E-state index in [1.165, 1.54) is 77.0 Å². The Morgan fingerprint density at radius 1 is 0.762 bits per heavy atom. The Balaban J connectivity index is 2.07. The predicted molar refractivity (Wildman–Crippen MR) is 164 cm³/mol. The largest absolute Gasteiger partial charge is 0.457 e. The number of allylic oxidation sites excluding steroid dienone is 4. The van der Waals surface area contributed by atoms with Gasteiger partial charge in [-0.2, -0.15) is 0 Å². The van der Waals surface area contributed by atoms with Gasteiger partial charge < -0.3 is 39.4 Å². The Labute approximate surface area is 254 Å². The van der Waals surface area contributed by atoms with Crippen molar-refractivity contribution >= 4 is 5.97 Å². The summed E-state index contributed by atoms with van der Waals surface area (Å²) in [5.41, 5.74) is 0. The highest BCUT2D eigenvalue weighted by molar-refractivity contribution is 5.69. The minimum atomic E-state index is -1.53. The van der Waals surface area contributed by atoms with Gasteiger partial charge in [-0.3, -0.25) is 4.79 Å². The van der Waals surface area contributed by atoms with Crippen molar-refractivity contribution in [1.29, 1.82) is 0 Å². The van der Waals surface area contributed by atoms with E-state index in [2.05, 4.69) is 31.2 Å². The third kappa shape index (κ3) is 18.4. The zero-order valence-electron chi connectivity index (χ0n) is 26.2.